The minimum absolute atomic E-state index is 0.169. The van der Waals surface area contributed by atoms with Crippen molar-refractivity contribution in [3.8, 4) is 0 Å². The van der Waals surface area contributed by atoms with Gasteiger partial charge in [-0.05, 0) is 41.0 Å². The molecule has 132 valence electrons. The van der Waals surface area contributed by atoms with Crippen molar-refractivity contribution in [2.75, 3.05) is 14.2 Å². The summed E-state index contributed by atoms with van der Waals surface area (Å²) in [6.45, 7) is 0.496. The Kier molecular flexibility index (Phi) is 5.35. The van der Waals surface area contributed by atoms with Gasteiger partial charge in [-0.15, -0.1) is 0 Å². The third kappa shape index (κ3) is 3.53. The first-order valence-corrected chi connectivity index (χ1v) is 8.69. The van der Waals surface area contributed by atoms with Gasteiger partial charge in [0.2, 0.25) is 0 Å². The second kappa shape index (κ2) is 7.34. The third-order valence-electron chi connectivity index (χ3n) is 4.54. The van der Waals surface area contributed by atoms with Crippen molar-refractivity contribution in [3.05, 3.63) is 68.7 Å². The summed E-state index contributed by atoms with van der Waals surface area (Å²) in [5.41, 5.74) is 3.19. The van der Waals surface area contributed by atoms with E-state index in [9.17, 15) is 9.90 Å². The molecular formula is C19H19Cl2NO3. The first kappa shape index (κ1) is 18.2. The average molecular weight is 380 g/mol. The number of aliphatic hydroxyl groups excluding tert-OH is 1. The molecule has 0 heterocycles. The molecule has 0 saturated heterocycles. The number of carbonyl (C=O) groups is 1. The predicted molar refractivity (Wildman–Crippen MR) is 98.2 cm³/mol. The first-order chi connectivity index (χ1) is 11.9. The van der Waals surface area contributed by atoms with Crippen molar-refractivity contribution in [3.63, 3.8) is 0 Å². The number of nitrogens with zero attached hydrogens (tertiary/aromatic N) is 1. The fourth-order valence-electron chi connectivity index (χ4n) is 3.34. The van der Waals surface area contributed by atoms with Gasteiger partial charge in [0.15, 0.2) is 0 Å². The fourth-order valence-corrected chi connectivity index (χ4v) is 3.92. The van der Waals surface area contributed by atoms with Crippen LogP contribution in [0.5, 0.6) is 0 Å². The number of benzene rings is 2. The second-order valence-corrected chi connectivity index (χ2v) is 7.06. The molecule has 0 saturated carbocycles. The van der Waals surface area contributed by atoms with Crippen LogP contribution in [0.3, 0.4) is 0 Å². The molecule has 0 bridgehead atoms. The number of hydrogen-bond donors (Lipinski definition) is 1. The topological polar surface area (TPSA) is 49.8 Å². The molecule has 3 rings (SSSR count). The van der Waals surface area contributed by atoms with Gasteiger partial charge in [-0.1, -0.05) is 35.3 Å². The highest BCUT2D eigenvalue weighted by atomic mass is 35.5. The van der Waals surface area contributed by atoms with Crippen LogP contribution in [-0.2, 0) is 17.8 Å². The maximum atomic E-state index is 12.8. The van der Waals surface area contributed by atoms with Gasteiger partial charge in [0.05, 0.1) is 18.8 Å². The van der Waals surface area contributed by atoms with Crippen molar-refractivity contribution in [2.45, 2.75) is 25.2 Å². The number of rotatable bonds is 4. The van der Waals surface area contributed by atoms with Crippen molar-refractivity contribution < 1.29 is 14.6 Å². The zero-order chi connectivity index (χ0) is 18.1. The Bertz CT molecular complexity index is 792. The molecule has 1 N–H and O–H groups in total. The molecule has 2 aromatic carbocycles. The molecule has 1 aliphatic rings. The van der Waals surface area contributed by atoms with E-state index in [4.69, 9.17) is 27.9 Å². The minimum Gasteiger partial charge on any atom is -0.390 e. The molecule has 1 aliphatic carbocycles. The molecule has 2 aromatic rings. The van der Waals surface area contributed by atoms with Crippen LogP contribution in [0.15, 0.2) is 36.4 Å². The van der Waals surface area contributed by atoms with Gasteiger partial charge in [-0.3, -0.25) is 4.79 Å². The molecule has 0 spiro atoms. The molecule has 0 aliphatic heterocycles. The van der Waals surface area contributed by atoms with E-state index in [1.165, 1.54) is 0 Å². The van der Waals surface area contributed by atoms with Crippen LogP contribution in [-0.4, -0.2) is 36.2 Å². The number of likely N-dealkylation sites (N-methyl/N-ethyl adjacent to an activating group) is 1. The largest absolute Gasteiger partial charge is 0.390 e. The first-order valence-electron chi connectivity index (χ1n) is 7.93. The number of amides is 1. The number of methoxy groups -OCH3 is 1. The van der Waals surface area contributed by atoms with Gasteiger partial charge in [-0.25, -0.2) is 0 Å². The third-order valence-corrected chi connectivity index (χ3v) is 5.10. The zero-order valence-corrected chi connectivity index (χ0v) is 15.5. The molecule has 4 nitrogen and oxygen atoms in total. The van der Waals surface area contributed by atoms with E-state index in [2.05, 4.69) is 0 Å². The molecule has 2 atom stereocenters. The maximum Gasteiger partial charge on any atom is 0.254 e. The quantitative estimate of drug-likeness (QED) is 0.876. The highest BCUT2D eigenvalue weighted by Gasteiger charge is 2.37. The number of halogens is 2. The van der Waals surface area contributed by atoms with Gasteiger partial charge in [-0.2, -0.15) is 0 Å². The predicted octanol–water partition coefficient (Wildman–Crippen LogP) is 3.87. The Morgan fingerprint density at radius 3 is 2.60 bits per heavy atom. The maximum absolute atomic E-state index is 12.8. The van der Waals surface area contributed by atoms with Crippen LogP contribution in [0, 0.1) is 0 Å². The van der Waals surface area contributed by atoms with E-state index >= 15 is 0 Å². The number of fused-ring (bicyclic) bond motifs is 1. The van der Waals surface area contributed by atoms with Gasteiger partial charge >= 0.3 is 0 Å². The number of hydrogen-bond acceptors (Lipinski definition) is 3. The van der Waals surface area contributed by atoms with E-state index in [1.807, 2.05) is 12.1 Å². The summed E-state index contributed by atoms with van der Waals surface area (Å²) in [7, 11) is 3.31. The van der Waals surface area contributed by atoms with E-state index in [1.54, 1.807) is 43.3 Å². The highest BCUT2D eigenvalue weighted by Crippen LogP contribution is 2.41. The van der Waals surface area contributed by atoms with Crippen LogP contribution >= 0.6 is 23.2 Å². The molecule has 1 amide bonds. The van der Waals surface area contributed by atoms with Crippen LogP contribution in [0.2, 0.25) is 10.0 Å². The summed E-state index contributed by atoms with van der Waals surface area (Å²) in [5.74, 6) is -0.169. The second-order valence-electron chi connectivity index (χ2n) is 6.22. The van der Waals surface area contributed by atoms with E-state index in [-0.39, 0.29) is 5.91 Å². The van der Waals surface area contributed by atoms with Crippen molar-refractivity contribution in [2.24, 2.45) is 0 Å². The molecule has 0 fully saturated rings. The summed E-state index contributed by atoms with van der Waals surface area (Å²) in [6, 6.07) is 10.2. The van der Waals surface area contributed by atoms with Crippen molar-refractivity contribution in [1.82, 2.24) is 4.90 Å². The highest BCUT2D eigenvalue weighted by molar-refractivity contribution is 6.35. The van der Waals surface area contributed by atoms with Crippen molar-refractivity contribution in [1.29, 1.82) is 0 Å². The summed E-state index contributed by atoms with van der Waals surface area (Å²) in [5, 5.41) is 11.5. The van der Waals surface area contributed by atoms with E-state index in [0.717, 1.165) is 16.7 Å². The monoisotopic (exact) mass is 379 g/mol. The van der Waals surface area contributed by atoms with Crippen LogP contribution in [0.4, 0.5) is 0 Å². The lowest BCUT2D eigenvalue weighted by molar-refractivity contribution is 0.0497. The Morgan fingerprint density at radius 1 is 1.28 bits per heavy atom. The Morgan fingerprint density at radius 2 is 1.96 bits per heavy atom. The average Bonchev–Trinajstić information content (AvgIpc) is 2.91. The smallest absolute Gasteiger partial charge is 0.254 e. The summed E-state index contributed by atoms with van der Waals surface area (Å²) < 4.78 is 5.08. The Hall–Kier alpha value is -1.59. The van der Waals surface area contributed by atoms with Crippen LogP contribution in [0.1, 0.15) is 33.1 Å². The number of aliphatic hydroxyl groups is 1. The Balaban J connectivity index is 1.88. The standard InChI is InChI=1S/C19H19Cl2NO3/c1-22(19(24)12-5-3-11(4-6-12)10-25-2)18-15-7-13(20)8-16(21)14(15)9-17(18)23/h3-8,17-18,23H,9-10H2,1-2H3/t17-,18-/m0/s1. The zero-order valence-electron chi connectivity index (χ0n) is 14.0. The minimum atomic E-state index is -0.715. The van der Waals surface area contributed by atoms with E-state index < -0.39 is 12.1 Å². The lowest BCUT2D eigenvalue weighted by Crippen LogP contribution is -2.36. The molecule has 0 aromatic heterocycles. The van der Waals surface area contributed by atoms with Crippen LogP contribution in [0.25, 0.3) is 0 Å². The summed E-state index contributed by atoms with van der Waals surface area (Å²) >= 11 is 12.4. The van der Waals surface area contributed by atoms with Gasteiger partial charge < -0.3 is 14.7 Å². The van der Waals surface area contributed by atoms with Gasteiger partial charge in [0.25, 0.3) is 5.91 Å². The molecule has 0 radical (unpaired) electrons. The number of carbonyl (C=O) groups excluding carboxylic acids is 1. The summed E-state index contributed by atoms with van der Waals surface area (Å²) in [4.78, 5) is 14.4. The lowest BCUT2D eigenvalue weighted by atomic mass is 10.0. The lowest BCUT2D eigenvalue weighted by Gasteiger charge is -2.28. The van der Waals surface area contributed by atoms with Gasteiger partial charge in [0, 0.05) is 36.2 Å². The summed E-state index contributed by atoms with van der Waals surface area (Å²) in [6.07, 6.45) is -0.312. The SMILES string of the molecule is COCc1ccc(C(=O)N(C)[C@H]2c3cc(Cl)cc(Cl)c3C[C@@H]2O)cc1. The Labute approximate surface area is 156 Å². The normalized spacial score (nSPS) is 18.9. The molecule has 6 heteroatoms. The molecule has 0 unspecified atom stereocenters. The molecular weight excluding hydrogens is 361 g/mol. The van der Waals surface area contributed by atoms with Gasteiger partial charge in [0.1, 0.15) is 0 Å². The van der Waals surface area contributed by atoms with Crippen molar-refractivity contribution >= 4 is 29.1 Å². The van der Waals surface area contributed by atoms with E-state index in [0.29, 0.717) is 28.6 Å². The van der Waals surface area contributed by atoms with Crippen LogP contribution < -0.4 is 0 Å². The molecule has 25 heavy (non-hydrogen) atoms. The number of ether oxygens (including phenoxy) is 1. The fraction of sp³-hybridized carbons (Fsp3) is 0.316.